The second-order valence-electron chi connectivity index (χ2n) is 5.04. The lowest BCUT2D eigenvalue weighted by molar-refractivity contribution is -0.137. The molecule has 254 valence electrons. The molecule has 0 fully saturated rings. The Morgan fingerprint density at radius 3 is 1.22 bits per heavy atom. The summed E-state index contributed by atoms with van der Waals surface area (Å²) >= 11 is 0.963. The van der Waals surface area contributed by atoms with Crippen molar-refractivity contribution in [2.24, 2.45) is 0 Å². The molecule has 0 aromatic rings. The molecule has 0 spiro atoms. The fraction of sp³-hybridized carbons (Fsp3) is 0.875. The van der Waals surface area contributed by atoms with Gasteiger partial charge in [0.15, 0.2) is 12.3 Å². The summed E-state index contributed by atoms with van der Waals surface area (Å²) in [6.07, 6.45) is 4.36. The second-order valence-corrected chi connectivity index (χ2v) is 14.2. The Balaban J connectivity index is -0.0000000931. The molecule has 0 aliphatic carbocycles. The normalized spacial score (nSPS) is 11.6. The maximum atomic E-state index is 10.9. The van der Waals surface area contributed by atoms with Gasteiger partial charge in [-0.05, 0) is 6.30 Å². The molecule has 0 amide bonds. The summed E-state index contributed by atoms with van der Waals surface area (Å²) in [5.41, 5.74) is 0. The van der Waals surface area contributed by atoms with Gasteiger partial charge in [-0.3, -0.25) is 21.9 Å². The van der Waals surface area contributed by atoms with Crippen LogP contribution in [-0.2, 0) is 81.8 Å². The molecule has 25 heteroatoms. The summed E-state index contributed by atoms with van der Waals surface area (Å²) in [5.74, 6) is -0.245. The van der Waals surface area contributed by atoms with Crippen LogP contribution in [0.2, 0.25) is 0 Å². The molecule has 0 aromatic carbocycles. The fourth-order valence-corrected chi connectivity index (χ4v) is 3.64. The summed E-state index contributed by atoms with van der Waals surface area (Å²) < 4.78 is 97.5. The van der Waals surface area contributed by atoms with Gasteiger partial charge in [-0.1, -0.05) is 0 Å². The zero-order chi connectivity index (χ0) is 34.1. The molecule has 1 atom stereocenters. The van der Waals surface area contributed by atoms with E-state index in [1.807, 2.05) is 0 Å². The van der Waals surface area contributed by atoms with Gasteiger partial charge in [0.2, 0.25) is 0 Å². The van der Waals surface area contributed by atoms with Gasteiger partial charge in [-0.15, -0.1) is 9.05 Å². The van der Waals surface area contributed by atoms with E-state index in [2.05, 4.69) is 64.1 Å². The van der Waals surface area contributed by atoms with Crippen molar-refractivity contribution in [3.63, 3.8) is 0 Å². The zero-order valence-electron chi connectivity index (χ0n) is 25.6. The van der Waals surface area contributed by atoms with Crippen LogP contribution >= 0.6 is 44.6 Å². The van der Waals surface area contributed by atoms with E-state index in [1.54, 1.807) is 35.5 Å². The van der Waals surface area contributed by atoms with Crippen LogP contribution in [0.15, 0.2) is 0 Å². The minimum absolute atomic E-state index is 0.245. The summed E-state index contributed by atoms with van der Waals surface area (Å²) in [6.45, 7) is 1.36. The van der Waals surface area contributed by atoms with Gasteiger partial charge in [-0.2, -0.15) is 8.42 Å². The number of esters is 1. The zero-order valence-corrected chi connectivity index (χ0v) is 30.8. The van der Waals surface area contributed by atoms with E-state index >= 15 is 0 Å². The quantitative estimate of drug-likeness (QED) is 0.123. The molecular formula is C16H45O19P4S2+. The molecule has 19 nitrogen and oxygen atoms in total. The molecule has 0 aromatic heterocycles. The summed E-state index contributed by atoms with van der Waals surface area (Å²) in [4.78, 5) is 18.5. The first-order valence-corrected chi connectivity index (χ1v) is 17.7. The topological polar surface area (TPSA) is 226 Å². The van der Waals surface area contributed by atoms with Crippen molar-refractivity contribution in [2.45, 2.75) is 6.92 Å². The maximum absolute atomic E-state index is 10.9. The SMILES string of the molecule is C=P(OC)(OC)OP(=O)(O)OC.COC(C)=O.COP(OC)OC.COS(C)(=O)=O.COSOC.CO[P+](=O)OC. The van der Waals surface area contributed by atoms with Crippen LogP contribution in [-0.4, -0.2) is 117 Å². The molecular weight excluding hydrogens is 684 g/mol. The number of phosphoric ester groups is 1. The summed E-state index contributed by atoms with van der Waals surface area (Å²) in [7, 11) is 3.31. The molecule has 0 aliphatic heterocycles. The third-order valence-corrected chi connectivity index (χ3v) is 8.25. The number of phosphoric acid groups is 1. The number of ether oxygens (including phenoxy) is 1. The van der Waals surface area contributed by atoms with Gasteiger partial charge in [-0.25, -0.2) is 8.88 Å². The molecule has 0 aliphatic rings. The van der Waals surface area contributed by atoms with E-state index in [9.17, 15) is 22.3 Å². The monoisotopic (exact) mass is 729 g/mol. The minimum atomic E-state index is -4.09. The highest BCUT2D eigenvalue weighted by atomic mass is 32.2. The van der Waals surface area contributed by atoms with Gasteiger partial charge in [0, 0.05) is 54.1 Å². The Hall–Kier alpha value is 0.310. The lowest BCUT2D eigenvalue weighted by Gasteiger charge is -2.21. The van der Waals surface area contributed by atoms with Crippen molar-refractivity contribution < 1.29 is 85.0 Å². The number of methoxy groups -OCH3 is 1. The van der Waals surface area contributed by atoms with Crippen molar-refractivity contribution in [1.29, 1.82) is 0 Å². The van der Waals surface area contributed by atoms with Crippen molar-refractivity contribution >= 4 is 67.0 Å². The highest BCUT2D eigenvalue weighted by molar-refractivity contribution is 7.89. The predicted octanol–water partition coefficient (Wildman–Crippen LogP) is 3.94. The van der Waals surface area contributed by atoms with Crippen molar-refractivity contribution in [2.75, 3.05) is 91.6 Å². The average Bonchev–Trinajstić information content (AvgIpc) is 2.95. The van der Waals surface area contributed by atoms with Crippen molar-refractivity contribution in [3.8, 4) is 0 Å². The second kappa shape index (κ2) is 36.5. The predicted molar refractivity (Wildman–Crippen MR) is 157 cm³/mol. The first-order chi connectivity index (χ1) is 18.8. The van der Waals surface area contributed by atoms with Crippen molar-refractivity contribution in [3.05, 3.63) is 0 Å². The van der Waals surface area contributed by atoms with Gasteiger partial charge >= 0.3 is 30.6 Å². The van der Waals surface area contributed by atoms with Gasteiger partial charge in [0.25, 0.3) is 17.7 Å². The highest BCUT2D eigenvalue weighted by Gasteiger charge is 2.28. The molecule has 0 saturated heterocycles. The molecule has 1 unspecified atom stereocenters. The largest absolute Gasteiger partial charge is 0.696 e. The number of hydrogen-bond acceptors (Lipinski definition) is 19. The molecule has 0 radical (unpaired) electrons. The van der Waals surface area contributed by atoms with E-state index < -0.39 is 42.4 Å². The first kappa shape index (κ1) is 53.8. The Labute approximate surface area is 250 Å². The third-order valence-electron chi connectivity index (χ3n) is 2.49. The Morgan fingerprint density at radius 1 is 0.829 bits per heavy atom. The van der Waals surface area contributed by atoms with Crippen LogP contribution in [0.4, 0.5) is 0 Å². The van der Waals surface area contributed by atoms with E-state index in [1.165, 1.54) is 42.5 Å². The van der Waals surface area contributed by atoms with Gasteiger partial charge in [0.05, 0.1) is 48.9 Å². The maximum Gasteiger partial charge on any atom is 0.696 e. The Bertz CT molecular complexity index is 761. The molecule has 0 heterocycles. The summed E-state index contributed by atoms with van der Waals surface area (Å²) in [6, 6.07) is 0. The van der Waals surface area contributed by atoms with Crippen LogP contribution < -0.4 is 0 Å². The smallest absolute Gasteiger partial charge is 0.469 e. The van der Waals surface area contributed by atoms with Crippen LogP contribution in [0.5, 0.6) is 0 Å². The first-order valence-electron chi connectivity index (χ1n) is 9.76. The highest BCUT2D eigenvalue weighted by Crippen LogP contribution is 2.61. The lowest BCUT2D eigenvalue weighted by Crippen LogP contribution is -1.95. The van der Waals surface area contributed by atoms with Crippen LogP contribution in [0.1, 0.15) is 6.92 Å². The van der Waals surface area contributed by atoms with Crippen molar-refractivity contribution in [1.82, 2.24) is 0 Å². The Kier molecular flexibility index (Phi) is 47.9. The lowest BCUT2D eigenvalue weighted by atomic mass is 10.8. The molecule has 1 N–H and O–H groups in total. The van der Waals surface area contributed by atoms with E-state index in [0.29, 0.717) is 0 Å². The Morgan fingerprint density at radius 2 is 1.15 bits per heavy atom. The minimum Gasteiger partial charge on any atom is -0.469 e. The molecule has 41 heavy (non-hydrogen) atoms. The van der Waals surface area contributed by atoms with E-state index in [-0.39, 0.29) is 5.97 Å². The van der Waals surface area contributed by atoms with Gasteiger partial charge < -0.3 is 32.2 Å². The van der Waals surface area contributed by atoms with Crippen LogP contribution in [0, 0.1) is 0 Å². The number of carbonyl (C=O) groups is 1. The van der Waals surface area contributed by atoms with Crippen LogP contribution in [0.25, 0.3) is 0 Å². The standard InChI is InChI=1S/C4H12O6P2.C3H9O3P.C3H6O2.C2H6O3P.C2H6O3S.C2H6O2S/c1-7-11(4,8-2)10-12(5,6)9-3;1-4-7(5-2)6-3;1-3(4)5-2;1-4-6(3)5-2;1-5-6(2,3)4;1-3-5-4-2/h4H2,1-3H3,(H,5,6);1-3H3;1-2H3;2*1-2H3;1-2H3/q;;;+1;;. The molecule has 0 saturated carbocycles. The van der Waals surface area contributed by atoms with E-state index in [4.69, 9.17) is 4.89 Å². The third kappa shape index (κ3) is 56.7. The number of rotatable bonds is 13. The molecule has 0 bridgehead atoms. The van der Waals surface area contributed by atoms with E-state index in [0.717, 1.165) is 32.8 Å². The number of carbonyl (C=O) groups excluding carboxylic acids is 1. The molecule has 0 rings (SSSR count). The average molecular weight is 730 g/mol. The van der Waals surface area contributed by atoms with Gasteiger partial charge in [0.1, 0.15) is 0 Å². The summed E-state index contributed by atoms with van der Waals surface area (Å²) in [5, 5.41) is 0. The van der Waals surface area contributed by atoms with Crippen LogP contribution in [0.3, 0.4) is 0 Å². The number of hydrogen-bond donors (Lipinski definition) is 1. The fourth-order valence-electron chi connectivity index (χ4n) is 0.698.